The van der Waals surface area contributed by atoms with Gasteiger partial charge in [-0.1, -0.05) is 18.3 Å². The second-order valence-electron chi connectivity index (χ2n) is 5.29. The maximum atomic E-state index is 12.0. The Morgan fingerprint density at radius 3 is 2.61 bits per heavy atom. The smallest absolute Gasteiger partial charge is 0.263 e. The molecule has 1 heterocycles. The average molecular weight is 288 g/mol. The molecule has 0 spiro atoms. The van der Waals surface area contributed by atoms with Gasteiger partial charge in [-0.2, -0.15) is 0 Å². The summed E-state index contributed by atoms with van der Waals surface area (Å²) in [5.41, 5.74) is -0.161. The van der Waals surface area contributed by atoms with Crippen LogP contribution in [0, 0.1) is 5.92 Å². The van der Waals surface area contributed by atoms with Crippen molar-refractivity contribution in [1.29, 1.82) is 0 Å². The lowest BCUT2D eigenvalue weighted by molar-refractivity contribution is 0.0776. The van der Waals surface area contributed by atoms with E-state index in [-0.39, 0.29) is 15.8 Å². The first-order chi connectivity index (χ1) is 8.20. The Kier molecular flexibility index (Phi) is 3.23. The highest BCUT2D eigenvalue weighted by atomic mass is 32.2. The van der Waals surface area contributed by atoms with Crippen LogP contribution in [0.5, 0.6) is 0 Å². The van der Waals surface area contributed by atoms with Crippen molar-refractivity contribution < 1.29 is 13.2 Å². The van der Waals surface area contributed by atoms with Crippen LogP contribution < -0.4 is 5.32 Å². The van der Waals surface area contributed by atoms with E-state index in [9.17, 15) is 13.2 Å². The molecule has 0 saturated heterocycles. The molecule has 1 amide bonds. The van der Waals surface area contributed by atoms with Gasteiger partial charge in [0.2, 0.25) is 14.2 Å². The summed E-state index contributed by atoms with van der Waals surface area (Å²) in [5.74, 6) is 0.389. The minimum Gasteiger partial charge on any atom is -0.346 e. The molecule has 100 valence electrons. The minimum absolute atomic E-state index is 0.0141. The van der Waals surface area contributed by atoms with E-state index in [2.05, 4.69) is 17.2 Å². The summed E-state index contributed by atoms with van der Waals surface area (Å²) in [4.78, 5) is 16.1. The Hall–Kier alpha value is -0.950. The van der Waals surface area contributed by atoms with Crippen molar-refractivity contribution >= 4 is 27.1 Å². The molecule has 0 bridgehead atoms. The summed E-state index contributed by atoms with van der Waals surface area (Å²) in [6.07, 6.45) is 4.32. The van der Waals surface area contributed by atoms with E-state index in [1.54, 1.807) is 0 Å². The Morgan fingerprint density at radius 1 is 1.56 bits per heavy atom. The zero-order valence-electron chi connectivity index (χ0n) is 10.6. The molecule has 0 radical (unpaired) electrons. The number of nitrogens with zero attached hydrogens (tertiary/aromatic N) is 1. The first-order valence-electron chi connectivity index (χ1n) is 5.68. The molecule has 0 aromatic carbocycles. The van der Waals surface area contributed by atoms with Crippen LogP contribution in [-0.2, 0) is 9.84 Å². The Labute approximate surface area is 111 Å². The van der Waals surface area contributed by atoms with Crippen molar-refractivity contribution in [2.45, 2.75) is 36.6 Å². The molecule has 7 heteroatoms. The highest BCUT2D eigenvalue weighted by Crippen LogP contribution is 2.37. The predicted octanol–water partition coefficient (Wildman–Crippen LogP) is 1.47. The molecule has 5 nitrogen and oxygen atoms in total. The number of hydrogen-bond donors (Lipinski definition) is 1. The van der Waals surface area contributed by atoms with E-state index in [0.717, 1.165) is 30.4 Å². The predicted molar refractivity (Wildman–Crippen MR) is 69.5 cm³/mol. The molecule has 18 heavy (non-hydrogen) atoms. The SMILES string of the molecule is CC1CC(C)(NC(=O)c2cnc(S(C)(=O)=O)s2)C1. The van der Waals surface area contributed by atoms with Crippen LogP contribution in [0.4, 0.5) is 0 Å². The molecule has 1 N–H and O–H groups in total. The van der Waals surface area contributed by atoms with Crippen molar-refractivity contribution in [3.63, 3.8) is 0 Å². The van der Waals surface area contributed by atoms with Gasteiger partial charge >= 0.3 is 0 Å². The monoisotopic (exact) mass is 288 g/mol. The number of hydrogen-bond acceptors (Lipinski definition) is 5. The molecule has 1 saturated carbocycles. The standard InChI is InChI=1S/C11H16N2O3S2/c1-7-4-11(2,5-7)13-9(14)8-6-12-10(17-8)18(3,15)16/h6-7H,4-5H2,1-3H3,(H,13,14). The molecule has 1 aromatic rings. The molecule has 1 aliphatic rings. The van der Waals surface area contributed by atoms with Gasteiger partial charge in [0.25, 0.3) is 5.91 Å². The first-order valence-corrected chi connectivity index (χ1v) is 8.39. The summed E-state index contributed by atoms with van der Waals surface area (Å²) < 4.78 is 22.5. The van der Waals surface area contributed by atoms with Gasteiger partial charge in [-0.3, -0.25) is 4.79 Å². The fourth-order valence-electron chi connectivity index (χ4n) is 2.45. The lowest BCUT2D eigenvalue weighted by Gasteiger charge is -2.44. The van der Waals surface area contributed by atoms with Gasteiger partial charge in [0.15, 0.2) is 0 Å². The van der Waals surface area contributed by atoms with Crippen molar-refractivity contribution in [1.82, 2.24) is 10.3 Å². The number of amides is 1. The van der Waals surface area contributed by atoms with Crippen LogP contribution in [0.25, 0.3) is 0 Å². The number of aromatic nitrogens is 1. The summed E-state index contributed by atoms with van der Waals surface area (Å²) in [7, 11) is -3.33. The van der Waals surface area contributed by atoms with Crippen LogP contribution in [0.3, 0.4) is 0 Å². The molecule has 0 aliphatic heterocycles. The molecule has 1 aliphatic carbocycles. The highest BCUT2D eigenvalue weighted by molar-refractivity contribution is 7.92. The molecule has 2 rings (SSSR count). The Morgan fingerprint density at radius 2 is 2.17 bits per heavy atom. The summed E-state index contributed by atoms with van der Waals surface area (Å²) >= 11 is 0.913. The third-order valence-corrected chi connectivity index (χ3v) is 5.73. The third-order valence-electron chi connectivity index (χ3n) is 3.04. The number of rotatable bonds is 3. The summed E-state index contributed by atoms with van der Waals surface area (Å²) in [6.45, 7) is 4.14. The highest BCUT2D eigenvalue weighted by Gasteiger charge is 2.39. The lowest BCUT2D eigenvalue weighted by Crippen LogP contribution is -2.54. The van der Waals surface area contributed by atoms with Crippen molar-refractivity contribution in [3.05, 3.63) is 11.1 Å². The largest absolute Gasteiger partial charge is 0.346 e. The number of sulfone groups is 1. The number of carbonyl (C=O) groups is 1. The lowest BCUT2D eigenvalue weighted by atomic mass is 9.70. The van der Waals surface area contributed by atoms with E-state index in [4.69, 9.17) is 0 Å². The van der Waals surface area contributed by atoms with Crippen LogP contribution in [0.2, 0.25) is 0 Å². The van der Waals surface area contributed by atoms with Crippen molar-refractivity contribution in [2.24, 2.45) is 5.92 Å². The molecular weight excluding hydrogens is 272 g/mol. The maximum absolute atomic E-state index is 12.0. The van der Waals surface area contributed by atoms with E-state index < -0.39 is 9.84 Å². The van der Waals surface area contributed by atoms with Crippen LogP contribution in [0.1, 0.15) is 36.4 Å². The second kappa shape index (κ2) is 4.31. The average Bonchev–Trinajstić information content (AvgIpc) is 2.62. The molecular formula is C11H16N2O3S2. The molecule has 1 fully saturated rings. The first kappa shape index (κ1) is 13.5. The third kappa shape index (κ3) is 2.72. The summed E-state index contributed by atoms with van der Waals surface area (Å²) in [6, 6.07) is 0. The van der Waals surface area contributed by atoms with Crippen LogP contribution in [0.15, 0.2) is 10.5 Å². The fraction of sp³-hybridized carbons (Fsp3) is 0.636. The second-order valence-corrected chi connectivity index (χ2v) is 8.51. The van der Waals surface area contributed by atoms with Gasteiger partial charge in [0.1, 0.15) is 4.88 Å². The van der Waals surface area contributed by atoms with Gasteiger partial charge in [-0.05, 0) is 25.7 Å². The Balaban J connectivity index is 2.08. The minimum atomic E-state index is -3.33. The van der Waals surface area contributed by atoms with Gasteiger partial charge in [-0.25, -0.2) is 13.4 Å². The topological polar surface area (TPSA) is 76.1 Å². The molecule has 1 aromatic heterocycles. The van der Waals surface area contributed by atoms with Gasteiger partial charge in [0, 0.05) is 11.8 Å². The number of nitrogens with one attached hydrogen (secondary N) is 1. The number of thiazole rings is 1. The quantitative estimate of drug-likeness (QED) is 0.913. The van der Waals surface area contributed by atoms with Gasteiger partial charge in [0.05, 0.1) is 6.20 Å². The van der Waals surface area contributed by atoms with Crippen LogP contribution in [-0.4, -0.2) is 31.1 Å². The Bertz CT molecular complexity index is 571. The van der Waals surface area contributed by atoms with Crippen molar-refractivity contribution in [3.8, 4) is 0 Å². The van der Waals surface area contributed by atoms with E-state index in [1.807, 2.05) is 6.92 Å². The molecule has 0 atom stereocenters. The zero-order valence-corrected chi connectivity index (χ0v) is 12.2. The van der Waals surface area contributed by atoms with E-state index >= 15 is 0 Å². The number of carbonyl (C=O) groups excluding carboxylic acids is 1. The zero-order chi connectivity index (χ0) is 13.6. The van der Waals surface area contributed by atoms with Crippen molar-refractivity contribution in [2.75, 3.05) is 6.26 Å². The normalized spacial score (nSPS) is 27.6. The van der Waals surface area contributed by atoms with Gasteiger partial charge in [-0.15, -0.1) is 0 Å². The fourth-order valence-corrected chi connectivity index (χ4v) is 4.11. The van der Waals surface area contributed by atoms with E-state index in [1.165, 1.54) is 6.20 Å². The maximum Gasteiger partial charge on any atom is 0.263 e. The van der Waals surface area contributed by atoms with Crippen LogP contribution >= 0.6 is 11.3 Å². The van der Waals surface area contributed by atoms with E-state index in [0.29, 0.717) is 10.8 Å². The summed E-state index contributed by atoms with van der Waals surface area (Å²) in [5, 5.41) is 2.94. The molecule has 0 unspecified atom stereocenters. The van der Waals surface area contributed by atoms with Gasteiger partial charge < -0.3 is 5.32 Å².